The number of hydrogen-bond donors (Lipinski definition) is 1. The summed E-state index contributed by atoms with van der Waals surface area (Å²) in [5, 5.41) is 3.27. The van der Waals surface area contributed by atoms with Crippen LogP contribution in [0, 0.1) is 23.5 Å². The fraction of sp³-hybridized carbons (Fsp3) is 0.571. The Morgan fingerprint density at radius 2 is 2.00 bits per heavy atom. The minimum Gasteiger partial charge on any atom is -0.316 e. The largest absolute Gasteiger partial charge is 0.316 e. The zero-order valence-electron chi connectivity index (χ0n) is 11.9. The first-order chi connectivity index (χ1) is 9.74. The SMILES string of the molecule is CC1(C)C2CNCC2CN1S(=O)(=O)c1ccc(F)cc1F. The highest BCUT2D eigenvalue weighted by molar-refractivity contribution is 7.89. The molecule has 0 spiro atoms. The number of hydrogen-bond acceptors (Lipinski definition) is 3. The smallest absolute Gasteiger partial charge is 0.246 e. The zero-order valence-corrected chi connectivity index (χ0v) is 12.8. The molecule has 2 aliphatic heterocycles. The van der Waals surface area contributed by atoms with Crippen LogP contribution in [0.5, 0.6) is 0 Å². The minimum absolute atomic E-state index is 0.204. The van der Waals surface area contributed by atoms with Crippen molar-refractivity contribution in [3.05, 3.63) is 29.8 Å². The average Bonchev–Trinajstić information content (AvgIpc) is 2.91. The highest BCUT2D eigenvalue weighted by Crippen LogP contribution is 2.43. The van der Waals surface area contributed by atoms with Gasteiger partial charge in [0.1, 0.15) is 16.5 Å². The summed E-state index contributed by atoms with van der Waals surface area (Å²) < 4.78 is 53.8. The molecule has 0 amide bonds. The van der Waals surface area contributed by atoms with Crippen LogP contribution in [-0.2, 0) is 10.0 Å². The third-order valence-electron chi connectivity index (χ3n) is 4.75. The van der Waals surface area contributed by atoms with Gasteiger partial charge in [0, 0.05) is 24.7 Å². The molecule has 2 heterocycles. The zero-order chi connectivity index (χ0) is 15.4. The summed E-state index contributed by atoms with van der Waals surface area (Å²) in [7, 11) is -3.97. The standard InChI is InChI=1S/C14H18F2N2O2S/c1-14(2)11-7-17-6-9(11)8-18(14)21(19,20)13-4-3-10(15)5-12(13)16/h3-5,9,11,17H,6-8H2,1-2H3. The molecule has 0 bridgehead atoms. The van der Waals surface area contributed by atoms with Crippen molar-refractivity contribution in [2.24, 2.45) is 11.8 Å². The van der Waals surface area contributed by atoms with Gasteiger partial charge in [-0.2, -0.15) is 4.31 Å². The maximum Gasteiger partial charge on any atom is 0.246 e. The summed E-state index contributed by atoms with van der Waals surface area (Å²) in [6.45, 7) is 5.62. The van der Waals surface area contributed by atoms with E-state index in [0.717, 1.165) is 25.2 Å². The van der Waals surface area contributed by atoms with Crippen LogP contribution in [0.2, 0.25) is 0 Å². The van der Waals surface area contributed by atoms with Gasteiger partial charge in [0.2, 0.25) is 10.0 Å². The van der Waals surface area contributed by atoms with Crippen LogP contribution in [0.3, 0.4) is 0 Å². The first kappa shape index (κ1) is 14.9. The Hall–Kier alpha value is -1.05. The minimum atomic E-state index is -3.97. The summed E-state index contributed by atoms with van der Waals surface area (Å²) in [6.07, 6.45) is 0. The quantitative estimate of drug-likeness (QED) is 0.901. The second kappa shape index (κ2) is 4.72. The molecule has 0 saturated carbocycles. The van der Waals surface area contributed by atoms with E-state index in [4.69, 9.17) is 0 Å². The Kier molecular flexibility index (Phi) is 3.35. The third-order valence-corrected chi connectivity index (χ3v) is 6.84. The van der Waals surface area contributed by atoms with Crippen LogP contribution < -0.4 is 5.32 Å². The molecule has 7 heteroatoms. The molecule has 2 atom stereocenters. The van der Waals surface area contributed by atoms with Crippen molar-refractivity contribution in [2.45, 2.75) is 24.3 Å². The fourth-order valence-corrected chi connectivity index (χ4v) is 5.52. The van der Waals surface area contributed by atoms with Gasteiger partial charge in [-0.15, -0.1) is 0 Å². The molecule has 3 rings (SSSR count). The molecular weight excluding hydrogens is 298 g/mol. The van der Waals surface area contributed by atoms with E-state index in [2.05, 4.69) is 5.32 Å². The highest BCUT2D eigenvalue weighted by Gasteiger charge is 2.54. The predicted molar refractivity (Wildman–Crippen MR) is 74.2 cm³/mol. The molecule has 0 aromatic heterocycles. The molecule has 21 heavy (non-hydrogen) atoms. The van der Waals surface area contributed by atoms with Gasteiger partial charge in [-0.25, -0.2) is 17.2 Å². The Bertz CT molecular complexity index is 676. The average molecular weight is 316 g/mol. The number of benzene rings is 1. The Labute approximate surface area is 123 Å². The summed E-state index contributed by atoms with van der Waals surface area (Å²) in [6, 6.07) is 2.59. The lowest BCUT2D eigenvalue weighted by atomic mass is 9.85. The van der Waals surface area contributed by atoms with Gasteiger partial charge in [-0.1, -0.05) is 0 Å². The Balaban J connectivity index is 2.03. The maximum absolute atomic E-state index is 13.9. The molecule has 2 saturated heterocycles. The van der Waals surface area contributed by atoms with Gasteiger partial charge in [-0.3, -0.25) is 0 Å². The Morgan fingerprint density at radius 1 is 1.29 bits per heavy atom. The van der Waals surface area contributed by atoms with Crippen LogP contribution in [-0.4, -0.2) is 37.9 Å². The highest BCUT2D eigenvalue weighted by atomic mass is 32.2. The Morgan fingerprint density at radius 3 is 2.62 bits per heavy atom. The number of halogens is 2. The maximum atomic E-state index is 13.9. The van der Waals surface area contributed by atoms with Crippen LogP contribution in [0.25, 0.3) is 0 Å². The van der Waals surface area contributed by atoms with E-state index in [1.54, 1.807) is 0 Å². The van der Waals surface area contributed by atoms with Crippen LogP contribution >= 0.6 is 0 Å². The van der Waals surface area contributed by atoms with Gasteiger partial charge in [-0.05, 0) is 44.4 Å². The van der Waals surface area contributed by atoms with Gasteiger partial charge in [0.15, 0.2) is 0 Å². The van der Waals surface area contributed by atoms with E-state index in [9.17, 15) is 17.2 Å². The van der Waals surface area contributed by atoms with Gasteiger partial charge >= 0.3 is 0 Å². The molecule has 116 valence electrons. The molecule has 0 aliphatic carbocycles. The normalized spacial score (nSPS) is 28.8. The third kappa shape index (κ3) is 2.18. The summed E-state index contributed by atoms with van der Waals surface area (Å²) in [5.74, 6) is -1.39. The predicted octanol–water partition coefficient (Wildman–Crippen LogP) is 1.58. The van der Waals surface area contributed by atoms with Gasteiger partial charge in [0.25, 0.3) is 0 Å². The first-order valence-corrected chi connectivity index (χ1v) is 8.37. The topological polar surface area (TPSA) is 49.4 Å². The molecule has 2 aliphatic rings. The second-order valence-electron chi connectivity index (χ2n) is 6.29. The molecule has 1 N–H and O–H groups in total. The van der Waals surface area contributed by atoms with Crippen molar-refractivity contribution < 1.29 is 17.2 Å². The van der Waals surface area contributed by atoms with E-state index in [0.29, 0.717) is 12.6 Å². The first-order valence-electron chi connectivity index (χ1n) is 6.93. The summed E-state index contributed by atoms with van der Waals surface area (Å²) >= 11 is 0. The van der Waals surface area contributed by atoms with Crippen molar-refractivity contribution >= 4 is 10.0 Å². The molecule has 4 nitrogen and oxygen atoms in total. The molecule has 2 unspecified atom stereocenters. The molecule has 2 fully saturated rings. The number of sulfonamides is 1. The number of rotatable bonds is 2. The number of nitrogens with one attached hydrogen (secondary N) is 1. The number of nitrogens with zero attached hydrogens (tertiary/aromatic N) is 1. The second-order valence-corrected chi connectivity index (χ2v) is 8.12. The van der Waals surface area contributed by atoms with E-state index >= 15 is 0 Å². The monoisotopic (exact) mass is 316 g/mol. The van der Waals surface area contributed by atoms with Crippen molar-refractivity contribution in [2.75, 3.05) is 19.6 Å². The van der Waals surface area contributed by atoms with Crippen LogP contribution in [0.15, 0.2) is 23.1 Å². The van der Waals surface area contributed by atoms with E-state index in [-0.39, 0.29) is 11.8 Å². The van der Waals surface area contributed by atoms with E-state index < -0.39 is 32.1 Å². The van der Waals surface area contributed by atoms with Crippen molar-refractivity contribution in [1.29, 1.82) is 0 Å². The van der Waals surface area contributed by atoms with E-state index in [1.807, 2.05) is 13.8 Å². The van der Waals surface area contributed by atoms with Crippen LogP contribution in [0.1, 0.15) is 13.8 Å². The van der Waals surface area contributed by atoms with Crippen molar-refractivity contribution in [3.8, 4) is 0 Å². The molecular formula is C14H18F2N2O2S. The molecule has 1 aromatic rings. The number of fused-ring (bicyclic) bond motifs is 1. The van der Waals surface area contributed by atoms with Crippen LogP contribution in [0.4, 0.5) is 8.78 Å². The van der Waals surface area contributed by atoms with Crippen molar-refractivity contribution in [1.82, 2.24) is 9.62 Å². The lowest BCUT2D eigenvalue weighted by molar-refractivity contribution is 0.232. The summed E-state index contributed by atoms with van der Waals surface area (Å²) in [5.41, 5.74) is -0.589. The lowest BCUT2D eigenvalue weighted by Gasteiger charge is -2.34. The fourth-order valence-electron chi connectivity index (χ4n) is 3.60. The van der Waals surface area contributed by atoms with Crippen molar-refractivity contribution in [3.63, 3.8) is 0 Å². The van der Waals surface area contributed by atoms with Gasteiger partial charge in [0.05, 0.1) is 0 Å². The molecule has 1 aromatic carbocycles. The van der Waals surface area contributed by atoms with E-state index in [1.165, 1.54) is 4.31 Å². The van der Waals surface area contributed by atoms with Gasteiger partial charge < -0.3 is 5.32 Å². The lowest BCUT2D eigenvalue weighted by Crippen LogP contribution is -2.47. The molecule has 0 radical (unpaired) electrons. The summed E-state index contributed by atoms with van der Waals surface area (Å²) in [4.78, 5) is -0.454.